The Labute approximate surface area is 141 Å². The molecule has 0 saturated heterocycles. The third-order valence-electron chi connectivity index (χ3n) is 3.66. The first-order valence-electron chi connectivity index (χ1n) is 7.56. The smallest absolute Gasteiger partial charge is 0.220 e. The molecule has 1 amide bonds. The first-order valence-corrected chi connectivity index (χ1v) is 7.94. The number of nitrogens with zero attached hydrogens (tertiary/aromatic N) is 1. The summed E-state index contributed by atoms with van der Waals surface area (Å²) in [7, 11) is 1.64. The van der Waals surface area contributed by atoms with Gasteiger partial charge >= 0.3 is 0 Å². The number of benzene rings is 1. The number of methoxy groups -OCH3 is 1. The van der Waals surface area contributed by atoms with Crippen LogP contribution in [0.25, 0.3) is 0 Å². The minimum atomic E-state index is -0.213. The number of aromatic nitrogens is 1. The van der Waals surface area contributed by atoms with Gasteiger partial charge in [-0.1, -0.05) is 29.8 Å². The van der Waals surface area contributed by atoms with Gasteiger partial charge in [0.05, 0.1) is 6.04 Å². The van der Waals surface area contributed by atoms with Gasteiger partial charge in [0.1, 0.15) is 6.10 Å². The molecular formula is C18H21ClN2O2. The lowest BCUT2D eigenvalue weighted by molar-refractivity contribution is -0.122. The number of hydrogen-bond acceptors (Lipinski definition) is 3. The van der Waals surface area contributed by atoms with Crippen molar-refractivity contribution < 1.29 is 9.53 Å². The van der Waals surface area contributed by atoms with Crippen LogP contribution in [0, 0.1) is 0 Å². The highest BCUT2D eigenvalue weighted by Gasteiger charge is 2.20. The highest BCUT2D eigenvalue weighted by atomic mass is 35.5. The maximum atomic E-state index is 12.1. The maximum absolute atomic E-state index is 12.1. The van der Waals surface area contributed by atoms with Gasteiger partial charge in [0.15, 0.2) is 0 Å². The highest BCUT2D eigenvalue weighted by Crippen LogP contribution is 2.22. The summed E-state index contributed by atoms with van der Waals surface area (Å²) >= 11 is 5.91. The lowest BCUT2D eigenvalue weighted by atomic mass is 10.0. The van der Waals surface area contributed by atoms with E-state index in [0.29, 0.717) is 17.9 Å². The standard InChI is InChI=1S/C18H21ClN2O2/c1-13(18(23-2)15-6-8-16(19)9-7-15)21-17(22)10-5-14-4-3-11-20-12-14/h3-4,6-9,11-13,18H,5,10H2,1-2H3,(H,21,22)/t13-,18+/m0/s1. The molecule has 0 bridgehead atoms. The third kappa shape index (κ3) is 5.34. The van der Waals surface area contributed by atoms with Crippen LogP contribution in [0.1, 0.15) is 30.6 Å². The van der Waals surface area contributed by atoms with Crippen LogP contribution in [0.3, 0.4) is 0 Å². The second kappa shape index (κ2) is 8.65. The monoisotopic (exact) mass is 332 g/mol. The van der Waals surface area contributed by atoms with Gasteiger partial charge < -0.3 is 10.1 Å². The molecule has 1 N–H and O–H groups in total. The Morgan fingerprint density at radius 1 is 1.30 bits per heavy atom. The summed E-state index contributed by atoms with van der Waals surface area (Å²) in [5.41, 5.74) is 2.04. The molecule has 2 aromatic rings. The first-order chi connectivity index (χ1) is 11.1. The zero-order valence-corrected chi connectivity index (χ0v) is 14.1. The molecule has 2 atom stereocenters. The fourth-order valence-electron chi connectivity index (χ4n) is 2.49. The van der Waals surface area contributed by atoms with Crippen molar-refractivity contribution in [3.63, 3.8) is 0 Å². The van der Waals surface area contributed by atoms with Crippen molar-refractivity contribution in [3.8, 4) is 0 Å². The first kappa shape index (κ1) is 17.4. The second-order valence-electron chi connectivity index (χ2n) is 5.43. The van der Waals surface area contributed by atoms with Gasteiger partial charge in [-0.25, -0.2) is 0 Å². The average molecular weight is 333 g/mol. The van der Waals surface area contributed by atoms with Crippen LogP contribution < -0.4 is 5.32 Å². The Morgan fingerprint density at radius 2 is 2.04 bits per heavy atom. The zero-order chi connectivity index (χ0) is 16.7. The molecule has 0 fully saturated rings. The van der Waals surface area contributed by atoms with Crippen molar-refractivity contribution in [3.05, 3.63) is 64.9 Å². The number of nitrogens with one attached hydrogen (secondary N) is 1. The van der Waals surface area contributed by atoms with Gasteiger partial charge in [-0.3, -0.25) is 9.78 Å². The molecule has 2 rings (SSSR count). The number of rotatable bonds is 7. The highest BCUT2D eigenvalue weighted by molar-refractivity contribution is 6.30. The van der Waals surface area contributed by atoms with Gasteiger partial charge in [-0.2, -0.15) is 0 Å². The number of amides is 1. The van der Waals surface area contributed by atoms with E-state index in [-0.39, 0.29) is 18.1 Å². The molecule has 23 heavy (non-hydrogen) atoms. The van der Waals surface area contributed by atoms with E-state index in [1.807, 2.05) is 43.3 Å². The van der Waals surface area contributed by atoms with E-state index in [0.717, 1.165) is 11.1 Å². The molecule has 1 aromatic carbocycles. The van der Waals surface area contributed by atoms with E-state index in [2.05, 4.69) is 10.3 Å². The van der Waals surface area contributed by atoms with Crippen LogP contribution >= 0.6 is 11.6 Å². The number of ether oxygens (including phenoxy) is 1. The molecule has 1 aromatic heterocycles. The van der Waals surface area contributed by atoms with Gasteiger partial charge in [0.2, 0.25) is 5.91 Å². The summed E-state index contributed by atoms with van der Waals surface area (Å²) in [4.78, 5) is 16.2. The second-order valence-corrected chi connectivity index (χ2v) is 5.86. The van der Waals surface area contributed by atoms with Gasteiger partial charge in [0.25, 0.3) is 0 Å². The van der Waals surface area contributed by atoms with E-state index in [4.69, 9.17) is 16.3 Å². The van der Waals surface area contributed by atoms with Crippen LogP contribution in [-0.4, -0.2) is 24.0 Å². The lowest BCUT2D eigenvalue weighted by Crippen LogP contribution is -2.37. The predicted octanol–water partition coefficient (Wildman–Crippen LogP) is 3.56. The molecule has 0 spiro atoms. The topological polar surface area (TPSA) is 51.2 Å². The molecule has 122 valence electrons. The minimum Gasteiger partial charge on any atom is -0.375 e. The maximum Gasteiger partial charge on any atom is 0.220 e. The van der Waals surface area contributed by atoms with Crippen molar-refractivity contribution in [1.82, 2.24) is 10.3 Å². The number of pyridine rings is 1. The summed E-state index contributed by atoms with van der Waals surface area (Å²) in [5.74, 6) is -0.00244. The summed E-state index contributed by atoms with van der Waals surface area (Å²) in [5, 5.41) is 3.67. The number of halogens is 1. The summed E-state index contributed by atoms with van der Waals surface area (Å²) in [6, 6.07) is 11.2. The fraction of sp³-hybridized carbons (Fsp3) is 0.333. The van der Waals surface area contributed by atoms with Crippen LogP contribution in [0.2, 0.25) is 5.02 Å². The molecule has 0 aliphatic rings. The summed E-state index contributed by atoms with van der Waals surface area (Å²) < 4.78 is 5.53. The Balaban J connectivity index is 1.89. The molecule has 5 heteroatoms. The average Bonchev–Trinajstić information content (AvgIpc) is 2.56. The third-order valence-corrected chi connectivity index (χ3v) is 3.91. The normalized spacial score (nSPS) is 13.3. The molecule has 1 heterocycles. The van der Waals surface area contributed by atoms with Crippen molar-refractivity contribution in [2.75, 3.05) is 7.11 Å². The van der Waals surface area contributed by atoms with E-state index >= 15 is 0 Å². The SMILES string of the molecule is CO[C@@H](c1ccc(Cl)cc1)[C@H](C)NC(=O)CCc1cccnc1. The molecule has 0 saturated carbocycles. The van der Waals surface area contributed by atoms with Crippen LogP contribution in [0.5, 0.6) is 0 Å². The zero-order valence-electron chi connectivity index (χ0n) is 13.3. The Morgan fingerprint density at radius 3 is 2.65 bits per heavy atom. The number of hydrogen-bond donors (Lipinski definition) is 1. The molecule has 0 radical (unpaired) electrons. The van der Waals surface area contributed by atoms with E-state index in [1.165, 1.54) is 0 Å². The van der Waals surface area contributed by atoms with Gasteiger partial charge in [-0.05, 0) is 42.7 Å². The lowest BCUT2D eigenvalue weighted by Gasteiger charge is -2.24. The Bertz CT molecular complexity index is 617. The molecule has 4 nitrogen and oxygen atoms in total. The molecular weight excluding hydrogens is 312 g/mol. The van der Waals surface area contributed by atoms with Crippen LogP contribution in [0.15, 0.2) is 48.8 Å². The van der Waals surface area contributed by atoms with Gasteiger partial charge in [0, 0.05) is 30.9 Å². The molecule has 0 aliphatic carbocycles. The quantitative estimate of drug-likeness (QED) is 0.843. The van der Waals surface area contributed by atoms with Crippen molar-refractivity contribution >= 4 is 17.5 Å². The minimum absolute atomic E-state index is 0.00244. The number of aryl methyl sites for hydroxylation is 1. The summed E-state index contributed by atoms with van der Waals surface area (Å²) in [6.45, 7) is 1.94. The van der Waals surface area contributed by atoms with E-state index < -0.39 is 0 Å². The predicted molar refractivity (Wildman–Crippen MR) is 91.4 cm³/mol. The van der Waals surface area contributed by atoms with Crippen molar-refractivity contribution in [2.45, 2.75) is 31.9 Å². The largest absolute Gasteiger partial charge is 0.375 e. The van der Waals surface area contributed by atoms with Crippen molar-refractivity contribution in [1.29, 1.82) is 0 Å². The van der Waals surface area contributed by atoms with Crippen molar-refractivity contribution in [2.24, 2.45) is 0 Å². The summed E-state index contributed by atoms with van der Waals surface area (Å²) in [6.07, 6.45) is 4.39. The Kier molecular flexibility index (Phi) is 6.56. The number of carbonyl (C=O) groups excluding carboxylic acids is 1. The molecule has 0 aliphatic heterocycles. The number of carbonyl (C=O) groups is 1. The van der Waals surface area contributed by atoms with E-state index in [9.17, 15) is 4.79 Å². The van der Waals surface area contributed by atoms with E-state index in [1.54, 1.807) is 19.5 Å². The van der Waals surface area contributed by atoms with Gasteiger partial charge in [-0.15, -0.1) is 0 Å². The molecule has 0 unspecified atom stereocenters. The Hall–Kier alpha value is -1.91. The fourth-order valence-corrected chi connectivity index (χ4v) is 2.61. The van der Waals surface area contributed by atoms with Crippen LogP contribution in [-0.2, 0) is 16.0 Å². The van der Waals surface area contributed by atoms with Crippen LogP contribution in [0.4, 0.5) is 0 Å².